The van der Waals surface area contributed by atoms with Crippen LogP contribution < -0.4 is 10.1 Å². The number of amides is 1. The number of carbonyl (C=O) groups excluding carboxylic acids is 1. The van der Waals surface area contributed by atoms with Gasteiger partial charge in [-0.2, -0.15) is 5.10 Å². The number of aromatic amines is 1. The van der Waals surface area contributed by atoms with E-state index in [4.69, 9.17) is 16.3 Å². The molecule has 0 unspecified atom stereocenters. The Morgan fingerprint density at radius 2 is 1.96 bits per heavy atom. The van der Waals surface area contributed by atoms with Crippen molar-refractivity contribution in [2.24, 2.45) is 0 Å². The molecule has 0 aliphatic heterocycles. The van der Waals surface area contributed by atoms with Crippen LogP contribution in [0.1, 0.15) is 17.2 Å². The third-order valence-corrected chi connectivity index (χ3v) is 3.81. The molecule has 128 valence electrons. The van der Waals surface area contributed by atoms with Crippen LogP contribution in [0.15, 0.2) is 48.5 Å². The summed E-state index contributed by atoms with van der Waals surface area (Å²) in [5, 5.41) is 10.5. The van der Waals surface area contributed by atoms with Crippen LogP contribution in [0, 0.1) is 0 Å². The van der Waals surface area contributed by atoms with Gasteiger partial charge in [-0.05, 0) is 29.8 Å². The number of para-hydroxylation sites is 2. The molecule has 6 nitrogen and oxygen atoms in total. The number of nitrogens with one attached hydrogen (secondary N) is 2. The largest absolute Gasteiger partial charge is 0.495 e. The van der Waals surface area contributed by atoms with Gasteiger partial charge in [-0.1, -0.05) is 35.9 Å². The number of ether oxygens (including phenoxy) is 1. The fraction of sp³-hybridized carbons (Fsp3) is 0.167. The minimum absolute atomic E-state index is 0.0785. The van der Waals surface area contributed by atoms with Crippen molar-refractivity contribution in [3.05, 3.63) is 70.8 Å². The molecule has 3 aromatic rings. The van der Waals surface area contributed by atoms with E-state index in [-0.39, 0.29) is 12.3 Å². The van der Waals surface area contributed by atoms with Crippen molar-refractivity contribution in [3.8, 4) is 5.75 Å². The lowest BCUT2D eigenvalue weighted by Gasteiger charge is -2.08. The van der Waals surface area contributed by atoms with Gasteiger partial charge in [0.2, 0.25) is 5.91 Å². The molecule has 2 N–H and O–H groups in total. The number of anilines is 1. The number of hydrogen-bond donors (Lipinski definition) is 2. The van der Waals surface area contributed by atoms with Gasteiger partial charge in [0.05, 0.1) is 19.2 Å². The van der Waals surface area contributed by atoms with Crippen LogP contribution in [0.4, 0.5) is 5.69 Å². The van der Waals surface area contributed by atoms with Crippen molar-refractivity contribution in [1.82, 2.24) is 15.2 Å². The molecule has 0 saturated carbocycles. The number of methoxy groups -OCH3 is 1. The van der Waals surface area contributed by atoms with Crippen molar-refractivity contribution in [1.29, 1.82) is 0 Å². The zero-order valence-corrected chi connectivity index (χ0v) is 14.4. The zero-order valence-electron chi connectivity index (χ0n) is 13.6. The second-order valence-corrected chi connectivity index (χ2v) is 5.86. The SMILES string of the molecule is COc1ccccc1NC(=O)Cc1n[nH]c(Cc2ccc(Cl)cc2)n1. The molecule has 0 aliphatic rings. The highest BCUT2D eigenvalue weighted by Gasteiger charge is 2.11. The lowest BCUT2D eigenvalue weighted by molar-refractivity contribution is -0.115. The predicted octanol–water partition coefficient (Wildman–Crippen LogP) is 3.24. The Bertz CT molecular complexity index is 862. The first-order valence-corrected chi connectivity index (χ1v) is 8.09. The first-order chi connectivity index (χ1) is 12.1. The summed E-state index contributed by atoms with van der Waals surface area (Å²) in [5.74, 6) is 1.54. The van der Waals surface area contributed by atoms with E-state index in [9.17, 15) is 4.79 Å². The van der Waals surface area contributed by atoms with E-state index in [0.717, 1.165) is 5.56 Å². The molecule has 0 aliphatic carbocycles. The Kier molecular flexibility index (Phi) is 5.30. The number of benzene rings is 2. The lowest BCUT2D eigenvalue weighted by atomic mass is 10.1. The predicted molar refractivity (Wildman–Crippen MR) is 96.0 cm³/mol. The number of halogens is 1. The Morgan fingerprint density at radius 1 is 1.20 bits per heavy atom. The zero-order chi connectivity index (χ0) is 17.6. The van der Waals surface area contributed by atoms with Gasteiger partial charge >= 0.3 is 0 Å². The Labute approximate surface area is 150 Å². The smallest absolute Gasteiger partial charge is 0.232 e. The second kappa shape index (κ2) is 7.81. The minimum atomic E-state index is -0.207. The van der Waals surface area contributed by atoms with Crippen molar-refractivity contribution in [2.45, 2.75) is 12.8 Å². The van der Waals surface area contributed by atoms with Gasteiger partial charge in [-0.15, -0.1) is 0 Å². The van der Waals surface area contributed by atoms with Crippen LogP contribution in [0.3, 0.4) is 0 Å². The summed E-state index contributed by atoms with van der Waals surface area (Å²) in [6, 6.07) is 14.7. The summed E-state index contributed by atoms with van der Waals surface area (Å²) >= 11 is 5.87. The Balaban J connectivity index is 1.61. The molecule has 0 radical (unpaired) electrons. The lowest BCUT2D eigenvalue weighted by Crippen LogP contribution is -2.15. The maximum Gasteiger partial charge on any atom is 0.232 e. The Hall–Kier alpha value is -2.86. The van der Waals surface area contributed by atoms with E-state index in [1.807, 2.05) is 36.4 Å². The highest BCUT2D eigenvalue weighted by molar-refractivity contribution is 6.30. The number of hydrogen-bond acceptors (Lipinski definition) is 4. The summed E-state index contributed by atoms with van der Waals surface area (Å²) in [5.41, 5.74) is 1.68. The molecule has 0 fully saturated rings. The summed E-state index contributed by atoms with van der Waals surface area (Å²) in [4.78, 5) is 16.5. The van der Waals surface area contributed by atoms with Crippen LogP contribution in [-0.4, -0.2) is 28.2 Å². The van der Waals surface area contributed by atoms with Gasteiger partial charge in [-0.3, -0.25) is 9.89 Å². The number of rotatable bonds is 6. The van der Waals surface area contributed by atoms with Gasteiger partial charge in [0.25, 0.3) is 0 Å². The van der Waals surface area contributed by atoms with Crippen molar-refractivity contribution in [3.63, 3.8) is 0 Å². The standard InChI is InChI=1S/C18H17ClN4O2/c1-25-15-5-3-2-4-14(15)20-18(24)11-17-21-16(22-23-17)10-12-6-8-13(19)9-7-12/h2-9H,10-11H2,1H3,(H,20,24)(H,21,22,23). The van der Waals surface area contributed by atoms with Crippen LogP contribution in [0.5, 0.6) is 5.75 Å². The highest BCUT2D eigenvalue weighted by atomic mass is 35.5. The molecule has 0 spiro atoms. The fourth-order valence-corrected chi connectivity index (χ4v) is 2.50. The summed E-state index contributed by atoms with van der Waals surface area (Å²) in [6.45, 7) is 0. The monoisotopic (exact) mass is 356 g/mol. The molecule has 1 aromatic heterocycles. The van der Waals surface area contributed by atoms with E-state index in [0.29, 0.717) is 34.5 Å². The second-order valence-electron chi connectivity index (χ2n) is 5.43. The molecule has 0 saturated heterocycles. The molecular formula is C18H17ClN4O2. The van der Waals surface area contributed by atoms with Crippen LogP contribution >= 0.6 is 11.6 Å². The van der Waals surface area contributed by atoms with Gasteiger partial charge < -0.3 is 10.1 Å². The van der Waals surface area contributed by atoms with Crippen molar-refractivity contribution < 1.29 is 9.53 Å². The van der Waals surface area contributed by atoms with Gasteiger partial charge in [0, 0.05) is 11.4 Å². The average molecular weight is 357 g/mol. The van der Waals surface area contributed by atoms with E-state index >= 15 is 0 Å². The van der Waals surface area contributed by atoms with Crippen LogP contribution in [0.2, 0.25) is 5.02 Å². The maximum absolute atomic E-state index is 12.2. The summed E-state index contributed by atoms with van der Waals surface area (Å²) in [7, 11) is 1.56. The molecule has 25 heavy (non-hydrogen) atoms. The molecule has 7 heteroatoms. The maximum atomic E-state index is 12.2. The third kappa shape index (κ3) is 4.58. The van der Waals surface area contributed by atoms with Crippen LogP contribution in [-0.2, 0) is 17.6 Å². The van der Waals surface area contributed by atoms with E-state index in [1.165, 1.54) is 0 Å². The molecule has 1 heterocycles. The summed E-state index contributed by atoms with van der Waals surface area (Å²) < 4.78 is 5.21. The fourth-order valence-electron chi connectivity index (χ4n) is 2.37. The topological polar surface area (TPSA) is 79.9 Å². The first kappa shape index (κ1) is 17.0. The van der Waals surface area contributed by atoms with Crippen LogP contribution in [0.25, 0.3) is 0 Å². The van der Waals surface area contributed by atoms with Gasteiger partial charge in [0.1, 0.15) is 11.6 Å². The number of carbonyl (C=O) groups is 1. The highest BCUT2D eigenvalue weighted by Crippen LogP contribution is 2.23. The molecule has 3 rings (SSSR count). The average Bonchev–Trinajstić information content (AvgIpc) is 3.04. The van der Waals surface area contributed by atoms with E-state index < -0.39 is 0 Å². The molecular weight excluding hydrogens is 340 g/mol. The van der Waals surface area contributed by atoms with Crippen molar-refractivity contribution in [2.75, 3.05) is 12.4 Å². The molecule has 0 bridgehead atoms. The Morgan fingerprint density at radius 3 is 2.72 bits per heavy atom. The van der Waals surface area contributed by atoms with Gasteiger partial charge in [0.15, 0.2) is 5.82 Å². The molecule has 2 aromatic carbocycles. The van der Waals surface area contributed by atoms with E-state index in [2.05, 4.69) is 20.5 Å². The van der Waals surface area contributed by atoms with Crippen molar-refractivity contribution >= 4 is 23.2 Å². The van der Waals surface area contributed by atoms with E-state index in [1.54, 1.807) is 19.2 Å². The normalized spacial score (nSPS) is 10.5. The number of nitrogens with zero attached hydrogens (tertiary/aromatic N) is 2. The number of H-pyrrole nitrogens is 1. The molecule has 1 amide bonds. The first-order valence-electron chi connectivity index (χ1n) is 7.71. The summed E-state index contributed by atoms with van der Waals surface area (Å²) in [6.07, 6.45) is 0.674. The minimum Gasteiger partial charge on any atom is -0.495 e. The molecule has 0 atom stereocenters. The quantitative estimate of drug-likeness (QED) is 0.710. The van der Waals surface area contributed by atoms with Gasteiger partial charge in [-0.25, -0.2) is 4.98 Å². The third-order valence-electron chi connectivity index (χ3n) is 3.56. The number of aromatic nitrogens is 3.